The van der Waals surface area contributed by atoms with Crippen molar-refractivity contribution < 1.29 is 8.78 Å². The standard InChI is InChI=1S/C41H28F2N4/c1-25-13-17-32-33-18-14-26(2)22-38(33)47(37(32)21-25)36-20-15-29(31-19-16-30(42)24-35(31)43)23-34(36)41-45-39(27-9-5-3-6-10-27)44-40(46-41)28-11-7-4-8-12-28/h3-24H,1-2H3. The van der Waals surface area contributed by atoms with Crippen molar-refractivity contribution in [1.29, 1.82) is 0 Å². The van der Waals surface area contributed by atoms with Crippen molar-refractivity contribution >= 4 is 21.8 Å². The SMILES string of the molecule is Cc1ccc2c3ccc(C)cc3n(-c3ccc(-c4ccc(F)cc4F)cc3-c3nc(-c4ccccc4)nc(-c4ccccc4)n3)c2c1. The molecule has 2 heterocycles. The molecule has 8 aromatic rings. The van der Waals surface area contributed by atoms with Gasteiger partial charge in [-0.05, 0) is 66.9 Å². The second-order valence-electron chi connectivity index (χ2n) is 11.8. The number of aromatic nitrogens is 4. The van der Waals surface area contributed by atoms with Crippen LogP contribution in [0.1, 0.15) is 11.1 Å². The molecule has 0 atom stereocenters. The van der Waals surface area contributed by atoms with E-state index in [2.05, 4.69) is 54.8 Å². The highest BCUT2D eigenvalue weighted by atomic mass is 19.1. The van der Waals surface area contributed by atoms with Gasteiger partial charge in [-0.25, -0.2) is 23.7 Å². The lowest BCUT2D eigenvalue weighted by Gasteiger charge is -2.17. The Morgan fingerprint density at radius 2 is 1.02 bits per heavy atom. The van der Waals surface area contributed by atoms with E-state index in [0.717, 1.165) is 55.8 Å². The van der Waals surface area contributed by atoms with Crippen molar-refractivity contribution in [3.05, 3.63) is 156 Å². The quantitative estimate of drug-likeness (QED) is 0.194. The summed E-state index contributed by atoms with van der Waals surface area (Å²) in [5.74, 6) is 0.210. The first-order chi connectivity index (χ1) is 22.9. The fourth-order valence-corrected chi connectivity index (χ4v) is 6.23. The molecule has 0 spiro atoms. The molecule has 0 N–H and O–H groups in total. The summed E-state index contributed by atoms with van der Waals surface area (Å²) in [6, 6.07) is 41.9. The number of benzene rings is 6. The molecule has 0 aliphatic rings. The zero-order valence-electron chi connectivity index (χ0n) is 25.7. The van der Waals surface area contributed by atoms with Gasteiger partial charge in [0.2, 0.25) is 0 Å². The number of hydrogen-bond donors (Lipinski definition) is 0. The summed E-state index contributed by atoms with van der Waals surface area (Å²) in [5, 5.41) is 2.24. The fourth-order valence-electron chi connectivity index (χ4n) is 6.23. The lowest BCUT2D eigenvalue weighted by atomic mass is 10.00. The van der Waals surface area contributed by atoms with Crippen LogP contribution in [-0.2, 0) is 0 Å². The highest BCUT2D eigenvalue weighted by Gasteiger charge is 2.21. The highest BCUT2D eigenvalue weighted by Crippen LogP contribution is 2.39. The lowest BCUT2D eigenvalue weighted by molar-refractivity contribution is 0.585. The second kappa shape index (κ2) is 11.4. The van der Waals surface area contributed by atoms with E-state index >= 15 is 4.39 Å². The maximum absolute atomic E-state index is 15.2. The summed E-state index contributed by atoms with van der Waals surface area (Å²) >= 11 is 0. The van der Waals surface area contributed by atoms with E-state index in [0.29, 0.717) is 28.6 Å². The van der Waals surface area contributed by atoms with Crippen LogP contribution < -0.4 is 0 Å². The Balaban J connectivity index is 1.48. The topological polar surface area (TPSA) is 43.6 Å². The molecule has 0 aliphatic heterocycles. The summed E-state index contributed by atoms with van der Waals surface area (Å²) in [5.41, 5.74) is 8.40. The largest absolute Gasteiger partial charge is 0.308 e. The molecule has 47 heavy (non-hydrogen) atoms. The molecule has 226 valence electrons. The van der Waals surface area contributed by atoms with Crippen LogP contribution in [0.5, 0.6) is 0 Å². The van der Waals surface area contributed by atoms with Gasteiger partial charge in [0.25, 0.3) is 0 Å². The van der Waals surface area contributed by atoms with Gasteiger partial charge in [0.15, 0.2) is 17.5 Å². The van der Waals surface area contributed by atoms with Crippen LogP contribution in [0.3, 0.4) is 0 Å². The van der Waals surface area contributed by atoms with Crippen molar-refractivity contribution in [1.82, 2.24) is 19.5 Å². The molecule has 0 amide bonds. The summed E-state index contributed by atoms with van der Waals surface area (Å²) in [6.45, 7) is 4.16. The van der Waals surface area contributed by atoms with E-state index in [9.17, 15) is 4.39 Å². The van der Waals surface area contributed by atoms with Crippen molar-refractivity contribution in [3.63, 3.8) is 0 Å². The molecule has 0 saturated heterocycles. The van der Waals surface area contributed by atoms with E-state index in [1.54, 1.807) is 0 Å². The molecule has 0 bridgehead atoms. The normalized spacial score (nSPS) is 11.4. The van der Waals surface area contributed by atoms with Crippen LogP contribution in [0.15, 0.2) is 133 Å². The number of hydrogen-bond acceptors (Lipinski definition) is 3. The van der Waals surface area contributed by atoms with Crippen LogP contribution >= 0.6 is 0 Å². The lowest BCUT2D eigenvalue weighted by Crippen LogP contribution is -2.04. The van der Waals surface area contributed by atoms with Crippen molar-refractivity contribution in [3.8, 4) is 51.0 Å². The minimum Gasteiger partial charge on any atom is -0.308 e. The van der Waals surface area contributed by atoms with E-state index in [1.807, 2.05) is 78.9 Å². The van der Waals surface area contributed by atoms with Gasteiger partial charge in [0.05, 0.1) is 16.7 Å². The molecular formula is C41H28F2N4. The molecule has 0 unspecified atom stereocenters. The molecule has 6 heteroatoms. The van der Waals surface area contributed by atoms with E-state index < -0.39 is 11.6 Å². The molecule has 0 fully saturated rings. The van der Waals surface area contributed by atoms with Crippen LogP contribution in [0.4, 0.5) is 8.78 Å². The van der Waals surface area contributed by atoms with Crippen LogP contribution in [0.25, 0.3) is 72.8 Å². The first kappa shape index (κ1) is 28.5. The van der Waals surface area contributed by atoms with E-state index in [-0.39, 0.29) is 5.56 Å². The zero-order chi connectivity index (χ0) is 32.1. The molecule has 8 rings (SSSR count). The van der Waals surface area contributed by atoms with Gasteiger partial charge in [-0.2, -0.15) is 0 Å². The predicted octanol–water partition coefficient (Wildman–Crippen LogP) is 10.5. The molecule has 2 aromatic heterocycles. The highest BCUT2D eigenvalue weighted by molar-refractivity contribution is 6.10. The number of rotatable bonds is 5. The Hall–Kier alpha value is -6.01. The van der Waals surface area contributed by atoms with Gasteiger partial charge in [0.1, 0.15) is 11.6 Å². The third kappa shape index (κ3) is 5.14. The first-order valence-corrected chi connectivity index (χ1v) is 15.4. The monoisotopic (exact) mass is 614 g/mol. The summed E-state index contributed by atoms with van der Waals surface area (Å²) < 4.78 is 31.4. The summed E-state index contributed by atoms with van der Waals surface area (Å²) in [4.78, 5) is 15.0. The Kier molecular flexibility index (Phi) is 6.91. The average Bonchev–Trinajstić information content (AvgIpc) is 3.40. The molecule has 6 aromatic carbocycles. The second-order valence-corrected chi connectivity index (χ2v) is 11.8. The summed E-state index contributed by atoms with van der Waals surface area (Å²) in [6.07, 6.45) is 0. The Morgan fingerprint density at radius 3 is 1.57 bits per heavy atom. The van der Waals surface area contributed by atoms with E-state index in [4.69, 9.17) is 15.0 Å². The average molecular weight is 615 g/mol. The van der Waals surface area contributed by atoms with Crippen molar-refractivity contribution in [2.45, 2.75) is 13.8 Å². The number of nitrogens with zero attached hydrogens (tertiary/aromatic N) is 4. The van der Waals surface area contributed by atoms with Crippen LogP contribution in [-0.4, -0.2) is 19.5 Å². The maximum Gasteiger partial charge on any atom is 0.166 e. The minimum absolute atomic E-state index is 0.286. The first-order valence-electron chi connectivity index (χ1n) is 15.4. The summed E-state index contributed by atoms with van der Waals surface area (Å²) in [7, 11) is 0. The van der Waals surface area contributed by atoms with Crippen molar-refractivity contribution in [2.24, 2.45) is 0 Å². The molecule has 0 aliphatic carbocycles. The van der Waals surface area contributed by atoms with Gasteiger partial charge < -0.3 is 4.57 Å². The minimum atomic E-state index is -0.641. The van der Waals surface area contributed by atoms with Gasteiger partial charge in [-0.3, -0.25) is 0 Å². The smallest absolute Gasteiger partial charge is 0.166 e. The van der Waals surface area contributed by atoms with Crippen molar-refractivity contribution in [2.75, 3.05) is 0 Å². The van der Waals surface area contributed by atoms with Crippen LogP contribution in [0.2, 0.25) is 0 Å². The van der Waals surface area contributed by atoms with E-state index in [1.165, 1.54) is 12.1 Å². The fraction of sp³-hybridized carbons (Fsp3) is 0.0488. The molecule has 0 radical (unpaired) electrons. The zero-order valence-corrected chi connectivity index (χ0v) is 25.7. The Morgan fingerprint density at radius 1 is 0.468 bits per heavy atom. The molecular weight excluding hydrogens is 586 g/mol. The van der Waals surface area contributed by atoms with Crippen LogP contribution in [0, 0.1) is 25.5 Å². The van der Waals surface area contributed by atoms with Gasteiger partial charge in [-0.1, -0.05) is 91.0 Å². The molecule has 0 saturated carbocycles. The molecule has 4 nitrogen and oxygen atoms in total. The maximum atomic E-state index is 15.2. The Bertz CT molecular complexity index is 2330. The number of aryl methyl sites for hydroxylation is 2. The third-order valence-electron chi connectivity index (χ3n) is 8.50. The predicted molar refractivity (Wildman–Crippen MR) is 185 cm³/mol. The van der Waals surface area contributed by atoms with Gasteiger partial charge in [-0.15, -0.1) is 0 Å². The number of halogens is 2. The number of fused-ring (bicyclic) bond motifs is 3. The van der Waals surface area contributed by atoms with Gasteiger partial charge in [0, 0.05) is 39.1 Å². The third-order valence-corrected chi connectivity index (χ3v) is 8.50. The Labute approximate surface area is 270 Å². The van der Waals surface area contributed by atoms with Gasteiger partial charge >= 0.3 is 0 Å².